The van der Waals surface area contributed by atoms with E-state index in [1.807, 2.05) is 66.2 Å². The Balaban J connectivity index is 2.01. The summed E-state index contributed by atoms with van der Waals surface area (Å²) in [6.07, 6.45) is 0.416. The molecule has 0 saturated carbocycles. The van der Waals surface area contributed by atoms with E-state index in [0.717, 1.165) is 29.1 Å². The molecule has 0 spiro atoms. The minimum atomic E-state index is -0.556. The lowest BCUT2D eigenvalue weighted by atomic mass is 10.1. The van der Waals surface area contributed by atoms with Crippen LogP contribution in [0.4, 0.5) is 0 Å². The van der Waals surface area contributed by atoms with Crippen LogP contribution in [-0.4, -0.2) is 52.2 Å². The first-order valence-electron chi connectivity index (χ1n) is 11.2. The van der Waals surface area contributed by atoms with Crippen molar-refractivity contribution in [3.05, 3.63) is 71.4 Å². The molecule has 0 bridgehead atoms. The van der Waals surface area contributed by atoms with Gasteiger partial charge in [0.25, 0.3) is 0 Å². The number of rotatable bonds is 11. The van der Waals surface area contributed by atoms with Gasteiger partial charge in [-0.15, -0.1) is 0 Å². The third kappa shape index (κ3) is 5.97. The van der Waals surface area contributed by atoms with Crippen LogP contribution in [0.3, 0.4) is 0 Å². The van der Waals surface area contributed by atoms with Gasteiger partial charge in [0.15, 0.2) is 0 Å². The maximum atomic E-state index is 10.4. The van der Waals surface area contributed by atoms with Crippen LogP contribution in [-0.2, 0) is 11.3 Å². The monoisotopic (exact) mass is 437 g/mol. The van der Waals surface area contributed by atoms with Gasteiger partial charge in [0.05, 0.1) is 29.7 Å². The van der Waals surface area contributed by atoms with Gasteiger partial charge in [0.1, 0.15) is 5.75 Å². The number of hydrogen-bond acceptors (Lipinski definition) is 5. The first kappa shape index (κ1) is 24.0. The molecule has 3 rings (SSSR count). The van der Waals surface area contributed by atoms with Crippen LogP contribution >= 0.6 is 0 Å². The molecule has 2 aromatic carbocycles. The maximum absolute atomic E-state index is 10.4. The van der Waals surface area contributed by atoms with Gasteiger partial charge < -0.3 is 14.6 Å². The summed E-state index contributed by atoms with van der Waals surface area (Å²) in [7, 11) is 1.61. The Morgan fingerprint density at radius 2 is 1.75 bits per heavy atom. The Morgan fingerprint density at radius 3 is 2.38 bits per heavy atom. The normalized spacial score (nSPS) is 13.3. The summed E-state index contributed by atoms with van der Waals surface area (Å²) in [5.74, 6) is 1.47. The number of para-hydroxylation sites is 1. The Labute approximate surface area is 191 Å². The fourth-order valence-electron chi connectivity index (χ4n) is 3.66. The van der Waals surface area contributed by atoms with Gasteiger partial charge in [0.2, 0.25) is 5.88 Å². The second kappa shape index (κ2) is 11.3. The Morgan fingerprint density at radius 1 is 1.06 bits per heavy atom. The van der Waals surface area contributed by atoms with E-state index in [4.69, 9.17) is 14.6 Å². The van der Waals surface area contributed by atoms with Crippen LogP contribution in [0.15, 0.2) is 54.6 Å². The van der Waals surface area contributed by atoms with Gasteiger partial charge in [-0.25, -0.2) is 4.68 Å². The van der Waals surface area contributed by atoms with Crippen molar-refractivity contribution < 1.29 is 14.6 Å². The number of aryl methyl sites for hydroxylation is 2. The summed E-state index contributed by atoms with van der Waals surface area (Å²) in [4.78, 5) is 2.27. The predicted molar refractivity (Wildman–Crippen MR) is 128 cm³/mol. The van der Waals surface area contributed by atoms with Crippen LogP contribution in [0.1, 0.15) is 37.1 Å². The average Bonchev–Trinajstić information content (AvgIpc) is 3.10. The van der Waals surface area contributed by atoms with E-state index >= 15 is 0 Å². The highest BCUT2D eigenvalue weighted by Crippen LogP contribution is 2.32. The van der Waals surface area contributed by atoms with E-state index in [-0.39, 0.29) is 6.04 Å². The zero-order chi connectivity index (χ0) is 23.1. The largest absolute Gasteiger partial charge is 0.439 e. The van der Waals surface area contributed by atoms with E-state index in [0.29, 0.717) is 25.6 Å². The number of ether oxygens (including phenoxy) is 2. The lowest BCUT2D eigenvalue weighted by molar-refractivity contribution is 0.0252. The summed E-state index contributed by atoms with van der Waals surface area (Å²) < 4.78 is 13.4. The van der Waals surface area contributed by atoms with Crippen LogP contribution < -0.4 is 4.74 Å². The highest BCUT2D eigenvalue weighted by molar-refractivity contribution is 5.43. The molecule has 0 saturated heterocycles. The van der Waals surface area contributed by atoms with E-state index in [1.54, 1.807) is 7.11 Å². The Hall–Kier alpha value is -2.67. The average molecular weight is 438 g/mol. The third-order valence-corrected chi connectivity index (χ3v) is 5.75. The van der Waals surface area contributed by atoms with Crippen molar-refractivity contribution in [2.75, 3.05) is 20.3 Å². The van der Waals surface area contributed by atoms with E-state index in [9.17, 15) is 5.11 Å². The van der Waals surface area contributed by atoms with Gasteiger partial charge in [-0.05, 0) is 51.5 Å². The zero-order valence-corrected chi connectivity index (χ0v) is 19.8. The van der Waals surface area contributed by atoms with Crippen molar-refractivity contribution in [2.24, 2.45) is 0 Å². The highest BCUT2D eigenvalue weighted by Gasteiger charge is 2.24. The first-order chi connectivity index (χ1) is 15.4. The van der Waals surface area contributed by atoms with Crippen molar-refractivity contribution >= 4 is 0 Å². The van der Waals surface area contributed by atoms with E-state index in [1.165, 1.54) is 5.56 Å². The van der Waals surface area contributed by atoms with Crippen LogP contribution in [0.5, 0.6) is 11.6 Å². The molecule has 0 radical (unpaired) electrons. The van der Waals surface area contributed by atoms with Crippen LogP contribution in [0.2, 0.25) is 0 Å². The molecule has 0 aliphatic rings. The van der Waals surface area contributed by atoms with E-state index < -0.39 is 6.10 Å². The molecule has 0 aliphatic heterocycles. The molecule has 3 aromatic rings. The fourth-order valence-corrected chi connectivity index (χ4v) is 3.66. The summed E-state index contributed by atoms with van der Waals surface area (Å²) in [5.41, 5.74) is 4.05. The second-order valence-corrected chi connectivity index (χ2v) is 8.33. The molecule has 32 heavy (non-hydrogen) atoms. The molecule has 0 fully saturated rings. The summed E-state index contributed by atoms with van der Waals surface area (Å²) >= 11 is 0. The summed E-state index contributed by atoms with van der Waals surface area (Å²) in [6.45, 7) is 9.85. The molecular formula is C26H35N3O3. The number of benzene rings is 2. The van der Waals surface area contributed by atoms with Gasteiger partial charge >= 0.3 is 0 Å². The zero-order valence-electron chi connectivity index (χ0n) is 19.8. The van der Waals surface area contributed by atoms with Crippen molar-refractivity contribution in [1.82, 2.24) is 14.7 Å². The topological polar surface area (TPSA) is 59.8 Å². The Kier molecular flexibility index (Phi) is 8.45. The predicted octanol–water partition coefficient (Wildman–Crippen LogP) is 4.89. The standard InChI is InChI=1S/C26H35N3O3/c1-6-20(3)28(16-23(30)18-31-5)17-25-21(4)27-29(22-10-8-7-9-11-22)26(25)32-24-14-12-19(2)13-15-24/h7-15,20,23,30H,6,16-18H2,1-5H3. The first-order valence-corrected chi connectivity index (χ1v) is 11.2. The minimum Gasteiger partial charge on any atom is -0.439 e. The van der Waals surface area contributed by atoms with E-state index in [2.05, 4.69) is 25.7 Å². The molecular weight excluding hydrogens is 402 g/mol. The molecule has 172 valence electrons. The van der Waals surface area contributed by atoms with Gasteiger partial charge in [-0.1, -0.05) is 42.8 Å². The van der Waals surface area contributed by atoms with Crippen molar-refractivity contribution in [3.8, 4) is 17.3 Å². The molecule has 2 atom stereocenters. The van der Waals surface area contributed by atoms with Gasteiger partial charge in [-0.3, -0.25) is 4.90 Å². The molecule has 6 nitrogen and oxygen atoms in total. The Bertz CT molecular complexity index is 970. The van der Waals surface area contributed by atoms with Crippen molar-refractivity contribution in [3.63, 3.8) is 0 Å². The van der Waals surface area contributed by atoms with Gasteiger partial charge in [0, 0.05) is 26.2 Å². The molecule has 0 aliphatic carbocycles. The van der Waals surface area contributed by atoms with Gasteiger partial charge in [-0.2, -0.15) is 5.10 Å². The lowest BCUT2D eigenvalue weighted by Crippen LogP contribution is -2.40. The molecule has 1 heterocycles. The molecule has 1 N–H and O–H groups in total. The number of nitrogens with zero attached hydrogens (tertiary/aromatic N) is 3. The smallest absolute Gasteiger partial charge is 0.227 e. The minimum absolute atomic E-state index is 0.285. The highest BCUT2D eigenvalue weighted by atomic mass is 16.5. The SMILES string of the molecule is CCC(C)N(Cc1c(C)nn(-c2ccccc2)c1Oc1ccc(C)cc1)CC(O)COC. The molecule has 6 heteroatoms. The maximum Gasteiger partial charge on any atom is 0.227 e. The second-order valence-electron chi connectivity index (χ2n) is 8.33. The number of hydrogen-bond donors (Lipinski definition) is 1. The van der Waals surface area contributed by atoms with Crippen LogP contribution in [0, 0.1) is 13.8 Å². The number of aromatic nitrogens is 2. The number of aliphatic hydroxyl groups is 1. The third-order valence-electron chi connectivity index (χ3n) is 5.75. The molecule has 2 unspecified atom stereocenters. The number of aliphatic hydroxyl groups excluding tert-OH is 1. The summed E-state index contributed by atoms with van der Waals surface area (Å²) in [5, 5.41) is 15.2. The lowest BCUT2D eigenvalue weighted by Gasteiger charge is -2.30. The van der Waals surface area contributed by atoms with Crippen molar-refractivity contribution in [1.29, 1.82) is 0 Å². The summed E-state index contributed by atoms with van der Waals surface area (Å²) in [6, 6.07) is 18.3. The van der Waals surface area contributed by atoms with Crippen molar-refractivity contribution in [2.45, 2.75) is 52.8 Å². The number of methoxy groups -OCH3 is 1. The quantitative estimate of drug-likeness (QED) is 0.463. The van der Waals surface area contributed by atoms with Crippen LogP contribution in [0.25, 0.3) is 5.69 Å². The molecule has 0 amide bonds. The molecule has 1 aromatic heterocycles. The fraction of sp³-hybridized carbons (Fsp3) is 0.423.